The molecule has 0 amide bonds. The van der Waals surface area contributed by atoms with Crippen LogP contribution >= 0.6 is 0 Å². The van der Waals surface area contributed by atoms with Gasteiger partial charge in [-0.15, -0.1) is 0 Å². The van der Waals surface area contributed by atoms with Crippen LogP contribution in [0.5, 0.6) is 11.5 Å². The molecule has 0 bridgehead atoms. The summed E-state index contributed by atoms with van der Waals surface area (Å²) in [6, 6.07) is 0. The Kier molecular flexibility index (Phi) is 6.29. The zero-order valence-electron chi connectivity index (χ0n) is 19.3. The molecular formula is C25H38O6. The number of hydrogen-bond donors (Lipinski definition) is 4. The molecule has 1 fully saturated rings. The third kappa shape index (κ3) is 3.86. The van der Waals surface area contributed by atoms with E-state index < -0.39 is 24.6 Å². The lowest BCUT2D eigenvalue weighted by Gasteiger charge is -2.45. The second kappa shape index (κ2) is 8.54. The van der Waals surface area contributed by atoms with Gasteiger partial charge in [-0.05, 0) is 78.9 Å². The zero-order valence-corrected chi connectivity index (χ0v) is 19.3. The summed E-state index contributed by atoms with van der Waals surface area (Å²) >= 11 is 0. The lowest BCUT2D eigenvalue weighted by Crippen LogP contribution is -2.54. The second-order valence-corrected chi connectivity index (χ2v) is 10.5. The fourth-order valence-electron chi connectivity index (χ4n) is 6.23. The van der Waals surface area contributed by atoms with Crippen molar-refractivity contribution < 1.29 is 29.9 Å². The first-order chi connectivity index (χ1) is 14.6. The molecule has 1 saturated heterocycles. The third-order valence-electron chi connectivity index (χ3n) is 7.77. The highest BCUT2D eigenvalue weighted by molar-refractivity contribution is 5.63. The maximum Gasteiger partial charge on any atom is 0.229 e. The summed E-state index contributed by atoms with van der Waals surface area (Å²) in [5.41, 5.74) is 4.52. The van der Waals surface area contributed by atoms with E-state index in [2.05, 4.69) is 27.7 Å². The van der Waals surface area contributed by atoms with Gasteiger partial charge in [0.1, 0.15) is 18.3 Å². The van der Waals surface area contributed by atoms with E-state index in [-0.39, 0.29) is 18.3 Å². The number of rotatable bonds is 4. The van der Waals surface area contributed by atoms with Crippen molar-refractivity contribution >= 4 is 0 Å². The first-order valence-corrected chi connectivity index (χ1v) is 11.8. The maximum absolute atomic E-state index is 11.3. The number of phenolic OH excluding ortho intramolecular Hbond substituents is 1. The Labute approximate surface area is 185 Å². The van der Waals surface area contributed by atoms with Crippen molar-refractivity contribution in [2.75, 3.05) is 6.61 Å². The molecule has 0 aromatic heterocycles. The van der Waals surface area contributed by atoms with E-state index in [4.69, 9.17) is 9.47 Å². The van der Waals surface area contributed by atoms with Crippen molar-refractivity contribution in [3.05, 3.63) is 22.3 Å². The van der Waals surface area contributed by atoms with Gasteiger partial charge >= 0.3 is 0 Å². The van der Waals surface area contributed by atoms with Crippen LogP contribution in [0.25, 0.3) is 0 Å². The van der Waals surface area contributed by atoms with Crippen molar-refractivity contribution in [3.8, 4) is 11.5 Å². The van der Waals surface area contributed by atoms with Gasteiger partial charge in [-0.25, -0.2) is 0 Å². The summed E-state index contributed by atoms with van der Waals surface area (Å²) in [5.74, 6) is 2.69. The largest absolute Gasteiger partial charge is 0.504 e. The van der Waals surface area contributed by atoms with Crippen LogP contribution in [-0.4, -0.2) is 51.6 Å². The van der Waals surface area contributed by atoms with Crippen LogP contribution in [0, 0.1) is 18.8 Å². The molecule has 4 rings (SSSR count). The molecular weight excluding hydrogens is 396 g/mol. The SMILES string of the molecule is Cc1c(O)c(O[C@@H]2OC[C@@H](O)[C@H](O)[C@H]2O)c2c3c1[C@@H](CC(C)C)C[C@H](C)[C@H]3CC[C@@H]2C. The first-order valence-electron chi connectivity index (χ1n) is 11.8. The highest BCUT2D eigenvalue weighted by Crippen LogP contribution is 2.58. The number of phenols is 1. The van der Waals surface area contributed by atoms with Gasteiger partial charge < -0.3 is 29.9 Å². The summed E-state index contributed by atoms with van der Waals surface area (Å²) in [6.07, 6.45) is -0.666. The van der Waals surface area contributed by atoms with E-state index in [9.17, 15) is 20.4 Å². The Bertz CT molecular complexity index is 821. The Morgan fingerprint density at radius 3 is 2.42 bits per heavy atom. The van der Waals surface area contributed by atoms with Crippen molar-refractivity contribution in [3.63, 3.8) is 0 Å². The van der Waals surface area contributed by atoms with Crippen molar-refractivity contribution in [1.29, 1.82) is 0 Å². The molecule has 1 aromatic rings. The molecule has 174 valence electrons. The lowest BCUT2D eigenvalue weighted by molar-refractivity contribution is -0.242. The van der Waals surface area contributed by atoms with Crippen LogP contribution in [0.3, 0.4) is 0 Å². The van der Waals surface area contributed by atoms with Gasteiger partial charge in [0.2, 0.25) is 6.29 Å². The summed E-state index contributed by atoms with van der Waals surface area (Å²) in [7, 11) is 0. The van der Waals surface area contributed by atoms with Crippen LogP contribution < -0.4 is 4.74 Å². The monoisotopic (exact) mass is 434 g/mol. The summed E-state index contributed by atoms with van der Waals surface area (Å²) in [6.45, 7) is 10.8. The maximum atomic E-state index is 11.3. The van der Waals surface area contributed by atoms with Crippen LogP contribution in [0.2, 0.25) is 0 Å². The number of hydrogen-bond acceptors (Lipinski definition) is 6. The number of benzene rings is 1. The number of aliphatic hydroxyl groups is 3. The lowest BCUT2D eigenvalue weighted by atomic mass is 9.61. The average molecular weight is 435 g/mol. The third-order valence-corrected chi connectivity index (χ3v) is 7.77. The highest BCUT2D eigenvalue weighted by Gasteiger charge is 2.44. The molecule has 1 heterocycles. The molecule has 8 atom stereocenters. The minimum Gasteiger partial charge on any atom is -0.504 e. The van der Waals surface area contributed by atoms with Gasteiger partial charge in [0, 0.05) is 5.56 Å². The summed E-state index contributed by atoms with van der Waals surface area (Å²) in [4.78, 5) is 0. The van der Waals surface area contributed by atoms with E-state index in [0.717, 1.165) is 36.8 Å². The van der Waals surface area contributed by atoms with Gasteiger partial charge in [0.25, 0.3) is 0 Å². The molecule has 0 unspecified atom stereocenters. The predicted molar refractivity (Wildman–Crippen MR) is 118 cm³/mol. The molecule has 6 nitrogen and oxygen atoms in total. The molecule has 1 aromatic carbocycles. The molecule has 2 aliphatic carbocycles. The van der Waals surface area contributed by atoms with E-state index in [1.807, 2.05) is 6.92 Å². The van der Waals surface area contributed by atoms with Gasteiger partial charge in [-0.1, -0.05) is 27.7 Å². The van der Waals surface area contributed by atoms with E-state index >= 15 is 0 Å². The molecule has 4 N–H and O–H groups in total. The Hall–Kier alpha value is -1.34. The minimum atomic E-state index is -1.39. The summed E-state index contributed by atoms with van der Waals surface area (Å²) in [5, 5.41) is 41.5. The van der Waals surface area contributed by atoms with E-state index in [1.54, 1.807) is 0 Å². The van der Waals surface area contributed by atoms with Crippen LogP contribution in [0.15, 0.2) is 0 Å². The average Bonchev–Trinajstić information content (AvgIpc) is 2.70. The molecule has 0 spiro atoms. The van der Waals surface area contributed by atoms with Gasteiger partial charge in [-0.3, -0.25) is 0 Å². The van der Waals surface area contributed by atoms with E-state index in [0.29, 0.717) is 29.4 Å². The minimum absolute atomic E-state index is 0.112. The molecule has 3 aliphatic rings. The highest BCUT2D eigenvalue weighted by atomic mass is 16.7. The molecule has 0 saturated carbocycles. The van der Waals surface area contributed by atoms with Crippen molar-refractivity contribution in [2.45, 2.75) is 103 Å². The predicted octanol–water partition coefficient (Wildman–Crippen LogP) is 3.67. The van der Waals surface area contributed by atoms with Gasteiger partial charge in [0.05, 0.1) is 6.61 Å². The zero-order chi connectivity index (χ0) is 22.6. The Balaban J connectivity index is 1.82. The molecule has 1 aliphatic heterocycles. The fraction of sp³-hybridized carbons (Fsp3) is 0.760. The number of aromatic hydroxyl groups is 1. The Morgan fingerprint density at radius 1 is 1.03 bits per heavy atom. The number of ether oxygens (including phenoxy) is 2. The summed E-state index contributed by atoms with van der Waals surface area (Å²) < 4.78 is 11.6. The first kappa shape index (κ1) is 22.8. The topological polar surface area (TPSA) is 99.4 Å². The van der Waals surface area contributed by atoms with Crippen LogP contribution in [0.4, 0.5) is 0 Å². The van der Waals surface area contributed by atoms with Crippen LogP contribution in [-0.2, 0) is 4.74 Å². The Morgan fingerprint density at radius 2 is 1.74 bits per heavy atom. The smallest absolute Gasteiger partial charge is 0.229 e. The standard InChI is InChI=1S/C25H38O6/c1-11(2)8-15-9-13(4)16-7-6-12(3)18-20(16)19(15)14(5)21(27)24(18)31-25-23(29)22(28)17(26)10-30-25/h11-13,15-17,22-23,25-29H,6-10H2,1-5H3/t12-,13-,15-,16+,17+,22-,23+,25-/m0/s1. The normalized spacial score (nSPS) is 37.6. The number of aliphatic hydroxyl groups excluding tert-OH is 3. The molecule has 31 heavy (non-hydrogen) atoms. The molecule has 0 radical (unpaired) electrons. The van der Waals surface area contributed by atoms with Crippen LogP contribution in [0.1, 0.15) is 93.4 Å². The fourth-order valence-corrected chi connectivity index (χ4v) is 6.23. The van der Waals surface area contributed by atoms with Crippen molar-refractivity contribution in [2.24, 2.45) is 11.8 Å². The second-order valence-electron chi connectivity index (χ2n) is 10.5. The van der Waals surface area contributed by atoms with Gasteiger partial charge in [-0.2, -0.15) is 0 Å². The van der Waals surface area contributed by atoms with Crippen molar-refractivity contribution in [1.82, 2.24) is 0 Å². The van der Waals surface area contributed by atoms with Gasteiger partial charge in [0.15, 0.2) is 11.5 Å². The van der Waals surface area contributed by atoms with E-state index in [1.165, 1.54) is 11.1 Å². The molecule has 6 heteroatoms. The quantitative estimate of drug-likeness (QED) is 0.577.